The van der Waals surface area contributed by atoms with E-state index in [4.69, 9.17) is 14.2 Å². The maximum absolute atomic E-state index is 12.4. The van der Waals surface area contributed by atoms with Crippen LogP contribution in [0.1, 0.15) is 22.6 Å². The van der Waals surface area contributed by atoms with E-state index in [1.54, 1.807) is 7.11 Å². The number of methoxy groups -OCH3 is 1. The van der Waals surface area contributed by atoms with Gasteiger partial charge in [0.05, 0.1) is 13.2 Å². The van der Waals surface area contributed by atoms with Crippen LogP contribution in [0.15, 0.2) is 66.7 Å². The molecular weight excluding hydrogens is 416 g/mol. The fourth-order valence-electron chi connectivity index (χ4n) is 4.69. The van der Waals surface area contributed by atoms with Crippen LogP contribution in [0.4, 0.5) is 10.5 Å². The minimum atomic E-state index is -0.418. The molecule has 1 amide bonds. The number of ether oxygens (including phenoxy) is 3. The molecule has 1 unspecified atom stereocenters. The van der Waals surface area contributed by atoms with Crippen LogP contribution in [-0.4, -0.2) is 45.6 Å². The molecule has 0 aromatic heterocycles. The highest BCUT2D eigenvalue weighted by Crippen LogP contribution is 2.44. The minimum Gasteiger partial charge on any atom is -0.488 e. The number of anilines is 1. The number of rotatable bonds is 8. The Kier molecular flexibility index (Phi) is 6.17. The lowest BCUT2D eigenvalue weighted by molar-refractivity contribution is 0.136. The molecule has 6 heteroatoms. The summed E-state index contributed by atoms with van der Waals surface area (Å²) in [5, 5.41) is 6.20. The number of hydrogen-bond acceptors (Lipinski definition) is 5. The molecule has 1 aliphatic heterocycles. The van der Waals surface area contributed by atoms with Crippen molar-refractivity contribution in [2.75, 3.05) is 38.7 Å². The molecule has 170 valence electrons. The summed E-state index contributed by atoms with van der Waals surface area (Å²) < 4.78 is 16.7. The number of hydrogen-bond donors (Lipinski definition) is 2. The lowest BCUT2D eigenvalue weighted by atomic mass is 9.98. The van der Waals surface area contributed by atoms with Gasteiger partial charge in [-0.2, -0.15) is 0 Å². The molecule has 1 aliphatic carbocycles. The summed E-state index contributed by atoms with van der Waals surface area (Å²) in [6.07, 6.45) is 0.228. The van der Waals surface area contributed by atoms with Gasteiger partial charge in [-0.05, 0) is 46.0 Å². The highest BCUT2D eigenvalue weighted by Gasteiger charge is 2.29. The van der Waals surface area contributed by atoms with E-state index in [-0.39, 0.29) is 12.0 Å². The van der Waals surface area contributed by atoms with Gasteiger partial charge in [-0.1, -0.05) is 48.5 Å². The van der Waals surface area contributed by atoms with Crippen molar-refractivity contribution in [1.82, 2.24) is 5.32 Å². The molecule has 3 aromatic carbocycles. The molecule has 6 nitrogen and oxygen atoms in total. The first-order valence-corrected chi connectivity index (χ1v) is 11.3. The average Bonchev–Trinajstić information content (AvgIpc) is 3.40. The summed E-state index contributed by atoms with van der Waals surface area (Å²) in [4.78, 5) is 12.4. The van der Waals surface area contributed by atoms with Crippen molar-refractivity contribution < 1.29 is 19.0 Å². The lowest BCUT2D eigenvalue weighted by Crippen LogP contribution is -2.35. The zero-order valence-electron chi connectivity index (χ0n) is 18.7. The summed E-state index contributed by atoms with van der Waals surface area (Å²) in [5.41, 5.74) is 7.02. The second-order valence-electron chi connectivity index (χ2n) is 8.39. The van der Waals surface area contributed by atoms with Crippen molar-refractivity contribution in [2.45, 2.75) is 18.4 Å². The Morgan fingerprint density at radius 1 is 1.03 bits per heavy atom. The third-order valence-corrected chi connectivity index (χ3v) is 6.25. The first-order chi connectivity index (χ1) is 16.2. The molecule has 0 saturated carbocycles. The molecule has 33 heavy (non-hydrogen) atoms. The molecule has 0 spiro atoms. The Labute approximate surface area is 193 Å². The third kappa shape index (κ3) is 4.52. The molecule has 2 aliphatic rings. The smallest absolute Gasteiger partial charge is 0.407 e. The number of benzene rings is 3. The van der Waals surface area contributed by atoms with Gasteiger partial charge in [0.2, 0.25) is 0 Å². The summed E-state index contributed by atoms with van der Waals surface area (Å²) in [7, 11) is 1.69. The van der Waals surface area contributed by atoms with Crippen molar-refractivity contribution in [3.8, 4) is 16.9 Å². The van der Waals surface area contributed by atoms with Crippen LogP contribution in [-0.2, 0) is 15.9 Å². The number of nitrogens with one attached hydrogen (secondary N) is 2. The van der Waals surface area contributed by atoms with E-state index in [1.165, 1.54) is 22.3 Å². The summed E-state index contributed by atoms with van der Waals surface area (Å²) in [6.45, 7) is 2.11. The maximum Gasteiger partial charge on any atom is 0.407 e. The number of alkyl carbamates (subject to hydrolysis) is 1. The fourth-order valence-corrected chi connectivity index (χ4v) is 4.69. The van der Waals surface area contributed by atoms with Crippen LogP contribution in [0.3, 0.4) is 0 Å². The number of fused-ring (bicyclic) bond motifs is 4. The highest BCUT2D eigenvalue weighted by atomic mass is 16.5. The Balaban J connectivity index is 1.13. The lowest BCUT2D eigenvalue weighted by Gasteiger charge is -2.16. The van der Waals surface area contributed by atoms with E-state index in [2.05, 4.69) is 41.0 Å². The van der Waals surface area contributed by atoms with Gasteiger partial charge >= 0.3 is 6.09 Å². The SMILES string of the molecule is COCCNc1ccc2c(c1)CC(CNC(=O)OCC1c3ccccc3-c3ccccc31)O2. The van der Waals surface area contributed by atoms with E-state index in [9.17, 15) is 4.79 Å². The van der Waals surface area contributed by atoms with Crippen LogP contribution >= 0.6 is 0 Å². The number of carbonyl (C=O) groups excluding carboxylic acids is 1. The second kappa shape index (κ2) is 9.55. The molecule has 3 aromatic rings. The van der Waals surface area contributed by atoms with Crippen LogP contribution in [0, 0.1) is 0 Å². The van der Waals surface area contributed by atoms with Crippen LogP contribution in [0.5, 0.6) is 5.75 Å². The zero-order valence-corrected chi connectivity index (χ0v) is 18.7. The molecular formula is C27H28N2O4. The standard InChI is InChI=1S/C27H28N2O4/c1-31-13-12-28-19-10-11-26-18(14-19)15-20(33-26)16-29-27(30)32-17-25-23-8-4-2-6-21(23)22-7-3-5-9-24(22)25/h2-11,14,20,25,28H,12-13,15-17H2,1H3,(H,29,30). The first-order valence-electron chi connectivity index (χ1n) is 11.3. The van der Waals surface area contributed by atoms with Gasteiger partial charge < -0.3 is 24.8 Å². The van der Waals surface area contributed by atoms with Crippen LogP contribution in [0.2, 0.25) is 0 Å². The molecule has 0 radical (unpaired) electrons. The summed E-state index contributed by atoms with van der Waals surface area (Å²) in [5.74, 6) is 0.922. The Morgan fingerprint density at radius 3 is 2.48 bits per heavy atom. The van der Waals surface area contributed by atoms with Gasteiger partial charge in [0, 0.05) is 31.7 Å². The quantitative estimate of drug-likeness (QED) is 0.498. The minimum absolute atomic E-state index is 0.0548. The van der Waals surface area contributed by atoms with E-state index >= 15 is 0 Å². The van der Waals surface area contributed by atoms with Gasteiger partial charge in [-0.25, -0.2) is 4.79 Å². The van der Waals surface area contributed by atoms with Crippen molar-refractivity contribution in [2.24, 2.45) is 0 Å². The normalized spacial score (nSPS) is 15.8. The molecule has 1 atom stereocenters. The van der Waals surface area contributed by atoms with Crippen LogP contribution < -0.4 is 15.4 Å². The highest BCUT2D eigenvalue weighted by molar-refractivity contribution is 5.79. The van der Waals surface area contributed by atoms with E-state index in [1.807, 2.05) is 36.4 Å². The summed E-state index contributed by atoms with van der Waals surface area (Å²) >= 11 is 0. The van der Waals surface area contributed by atoms with Crippen molar-refractivity contribution >= 4 is 11.8 Å². The summed E-state index contributed by atoms with van der Waals surface area (Å²) in [6, 6.07) is 22.7. The monoisotopic (exact) mass is 444 g/mol. The Bertz CT molecular complexity index is 1100. The predicted octanol–water partition coefficient (Wildman–Crippen LogP) is 4.59. The van der Waals surface area contributed by atoms with Crippen molar-refractivity contribution in [3.05, 3.63) is 83.4 Å². The third-order valence-electron chi connectivity index (χ3n) is 6.25. The molecule has 2 N–H and O–H groups in total. The Morgan fingerprint density at radius 2 is 1.76 bits per heavy atom. The fraction of sp³-hybridized carbons (Fsp3) is 0.296. The largest absolute Gasteiger partial charge is 0.488 e. The van der Waals surface area contributed by atoms with Gasteiger partial charge in [0.25, 0.3) is 0 Å². The zero-order chi connectivity index (χ0) is 22.6. The van der Waals surface area contributed by atoms with E-state index in [0.717, 1.165) is 30.0 Å². The second-order valence-corrected chi connectivity index (χ2v) is 8.39. The number of carbonyl (C=O) groups is 1. The van der Waals surface area contributed by atoms with E-state index in [0.29, 0.717) is 19.8 Å². The van der Waals surface area contributed by atoms with Gasteiger partial charge in [-0.3, -0.25) is 0 Å². The van der Waals surface area contributed by atoms with Crippen LogP contribution in [0.25, 0.3) is 11.1 Å². The Hall–Kier alpha value is -3.51. The van der Waals surface area contributed by atoms with Gasteiger partial charge in [0.1, 0.15) is 18.5 Å². The first kappa shape index (κ1) is 21.3. The molecule has 0 fully saturated rings. The molecule has 0 saturated heterocycles. The van der Waals surface area contributed by atoms with Crippen molar-refractivity contribution in [3.63, 3.8) is 0 Å². The molecule has 1 heterocycles. The van der Waals surface area contributed by atoms with Gasteiger partial charge in [0.15, 0.2) is 0 Å². The topological polar surface area (TPSA) is 68.8 Å². The number of amides is 1. The average molecular weight is 445 g/mol. The predicted molar refractivity (Wildman–Crippen MR) is 128 cm³/mol. The van der Waals surface area contributed by atoms with E-state index < -0.39 is 6.09 Å². The molecule has 5 rings (SSSR count). The maximum atomic E-state index is 12.4. The van der Waals surface area contributed by atoms with Gasteiger partial charge in [-0.15, -0.1) is 0 Å². The van der Waals surface area contributed by atoms with Crippen molar-refractivity contribution in [1.29, 1.82) is 0 Å². The molecule has 0 bridgehead atoms.